The van der Waals surface area contributed by atoms with E-state index in [-0.39, 0.29) is 25.7 Å². The molecule has 0 spiro atoms. The average Bonchev–Trinajstić information content (AvgIpc) is 0.936. The van der Waals surface area contributed by atoms with E-state index in [0.717, 1.165) is 148 Å². The number of carbonyl (C=O) groups is 4. The Kier molecular flexibility index (Phi) is 69.9. The van der Waals surface area contributed by atoms with Crippen LogP contribution in [0.4, 0.5) is 0 Å². The van der Waals surface area contributed by atoms with Crippen molar-refractivity contribution in [3.05, 3.63) is 109 Å². The molecule has 100 heavy (non-hydrogen) atoms. The molecule has 576 valence electrons. The largest absolute Gasteiger partial charge is 0.472 e. The van der Waals surface area contributed by atoms with Crippen LogP contribution in [0.1, 0.15) is 323 Å². The molecule has 0 saturated carbocycles. The number of rotatable bonds is 73. The molecule has 0 aliphatic rings. The highest BCUT2D eigenvalue weighted by Gasteiger charge is 2.30. The Balaban J connectivity index is 5.39. The minimum absolute atomic E-state index is 0.0649. The van der Waals surface area contributed by atoms with Crippen LogP contribution in [-0.4, -0.2) is 96.7 Å². The summed E-state index contributed by atoms with van der Waals surface area (Å²) >= 11 is 0. The maximum absolute atomic E-state index is 13.1. The molecule has 0 aromatic carbocycles. The first-order valence-electron chi connectivity index (χ1n) is 39.1. The third-order valence-electron chi connectivity index (χ3n) is 16.3. The highest BCUT2D eigenvalue weighted by molar-refractivity contribution is 7.47. The molecule has 0 fully saturated rings. The van der Waals surface area contributed by atoms with Gasteiger partial charge in [-0.05, 0) is 116 Å². The van der Waals surface area contributed by atoms with Gasteiger partial charge in [-0.15, -0.1) is 0 Å². The van der Waals surface area contributed by atoms with E-state index in [2.05, 4.69) is 113 Å². The number of unbranched alkanes of at least 4 members (excludes halogenated alkanes) is 30. The van der Waals surface area contributed by atoms with Crippen molar-refractivity contribution in [3.63, 3.8) is 0 Å². The molecule has 0 aromatic rings. The van der Waals surface area contributed by atoms with E-state index < -0.39 is 97.5 Å². The van der Waals surface area contributed by atoms with E-state index in [9.17, 15) is 43.2 Å². The van der Waals surface area contributed by atoms with Gasteiger partial charge in [0.25, 0.3) is 0 Å². The highest BCUT2D eigenvalue weighted by Crippen LogP contribution is 2.45. The fourth-order valence-corrected chi connectivity index (χ4v) is 11.9. The van der Waals surface area contributed by atoms with Gasteiger partial charge >= 0.3 is 39.5 Å². The van der Waals surface area contributed by atoms with Crippen LogP contribution < -0.4 is 0 Å². The number of phosphoric acid groups is 2. The van der Waals surface area contributed by atoms with Crippen LogP contribution in [0, 0.1) is 0 Å². The van der Waals surface area contributed by atoms with Crippen molar-refractivity contribution in [2.75, 3.05) is 39.6 Å². The standard InChI is InChI=1S/C81H140O17P2/c1-5-9-13-17-21-25-29-33-35-36-37-38-40-44-46-50-54-58-62-66-79(84)92-72-77(98-81(86)68-64-60-56-52-48-42-32-28-24-20-16-12-8-4)74-96-100(89,90)94-70-75(82)69-93-99(87,88)95-73-76(97-80(85)67-63-59-55-51-47-41-31-27-23-19-15-11-7-3)71-91-78(83)65-61-57-53-49-45-43-39-34-30-26-22-18-14-10-6-2/h10,14,21-22,25-27,31,33-35,37-39,45,49,57,61,75-77,82H,5-9,11-13,15-20,23-24,28-30,32,36,40-44,46-48,50-56,58-60,62-74H2,1-4H3,(H,87,88)(H,89,90)/b14-10-,25-21-,26-22-,31-27-,35-33-,38-37-,39-34-,49-45-,61-57-. The lowest BCUT2D eigenvalue weighted by Crippen LogP contribution is -2.30. The zero-order chi connectivity index (χ0) is 73.2. The fraction of sp³-hybridized carbons (Fsp3) is 0.728. The Bertz CT molecular complexity index is 2320. The molecule has 0 heterocycles. The van der Waals surface area contributed by atoms with E-state index in [4.69, 9.17) is 37.0 Å². The predicted molar refractivity (Wildman–Crippen MR) is 408 cm³/mol. The molecule has 0 rings (SSSR count). The minimum atomic E-state index is -4.99. The van der Waals surface area contributed by atoms with Crippen LogP contribution in [0.3, 0.4) is 0 Å². The quantitative estimate of drug-likeness (QED) is 0.0169. The second kappa shape index (κ2) is 73.0. The van der Waals surface area contributed by atoms with Crippen LogP contribution in [0.2, 0.25) is 0 Å². The zero-order valence-corrected chi connectivity index (χ0v) is 64.6. The lowest BCUT2D eigenvalue weighted by molar-refractivity contribution is -0.161. The van der Waals surface area contributed by atoms with Gasteiger partial charge in [0.2, 0.25) is 0 Å². The molecule has 5 atom stereocenters. The van der Waals surface area contributed by atoms with E-state index >= 15 is 0 Å². The van der Waals surface area contributed by atoms with Gasteiger partial charge in [0.05, 0.1) is 32.8 Å². The third-order valence-corrected chi connectivity index (χ3v) is 18.2. The Morgan fingerprint density at radius 2 is 0.560 bits per heavy atom. The summed E-state index contributed by atoms with van der Waals surface area (Å²) in [5, 5.41) is 10.6. The maximum atomic E-state index is 13.1. The summed E-state index contributed by atoms with van der Waals surface area (Å²) in [5.74, 6) is -2.33. The SMILES string of the molecule is CC/C=C\C/C=C\C/C=C\C/C=C\C/C=C\CC(=O)OCC(COP(=O)(O)OCC(O)COP(=O)(O)OCC(COC(=O)CCCCCCCC/C=C\C/C=C\C/C=C\CCCCC)OC(=O)CCCCCCCCCCCCCCC)OC(=O)CCCCCCC/C=C\CCCCCC. The molecule has 3 N–H and O–H groups in total. The number of carbonyl (C=O) groups excluding carboxylic acids is 4. The number of ether oxygens (including phenoxy) is 4. The minimum Gasteiger partial charge on any atom is -0.462 e. The van der Waals surface area contributed by atoms with Crippen molar-refractivity contribution in [1.29, 1.82) is 0 Å². The van der Waals surface area contributed by atoms with Crippen molar-refractivity contribution < 1.29 is 80.2 Å². The second-order valence-corrected chi connectivity index (χ2v) is 28.8. The molecule has 19 heteroatoms. The topological polar surface area (TPSA) is 237 Å². The third kappa shape index (κ3) is 72.1. The van der Waals surface area contributed by atoms with Crippen LogP contribution in [0.15, 0.2) is 109 Å². The molecule has 0 saturated heterocycles. The van der Waals surface area contributed by atoms with Crippen molar-refractivity contribution in [2.24, 2.45) is 0 Å². The lowest BCUT2D eigenvalue weighted by atomic mass is 10.0. The van der Waals surface area contributed by atoms with Gasteiger partial charge in [-0.2, -0.15) is 0 Å². The number of aliphatic hydroxyl groups excluding tert-OH is 1. The van der Waals surface area contributed by atoms with Gasteiger partial charge in [0.1, 0.15) is 19.3 Å². The van der Waals surface area contributed by atoms with Gasteiger partial charge in [0, 0.05) is 19.3 Å². The summed E-state index contributed by atoms with van der Waals surface area (Å²) in [5.41, 5.74) is 0. The Hall–Kier alpha value is -4.28. The summed E-state index contributed by atoms with van der Waals surface area (Å²) in [6.07, 6.45) is 78.2. The second-order valence-electron chi connectivity index (χ2n) is 25.9. The molecular formula is C81H140O17P2. The monoisotopic (exact) mass is 1450 g/mol. The Labute approximate surface area is 607 Å². The molecule has 0 amide bonds. The maximum Gasteiger partial charge on any atom is 0.472 e. The Morgan fingerprint density at radius 3 is 0.930 bits per heavy atom. The first-order chi connectivity index (χ1) is 48.7. The number of esters is 4. The molecular weight excluding hydrogens is 1310 g/mol. The number of phosphoric ester groups is 2. The summed E-state index contributed by atoms with van der Waals surface area (Å²) in [6, 6.07) is 0. The molecule has 0 aromatic heterocycles. The van der Waals surface area contributed by atoms with Gasteiger partial charge in [-0.1, -0.05) is 291 Å². The van der Waals surface area contributed by atoms with Crippen LogP contribution in [-0.2, 0) is 65.4 Å². The van der Waals surface area contributed by atoms with Crippen molar-refractivity contribution in [1.82, 2.24) is 0 Å². The van der Waals surface area contributed by atoms with E-state index in [1.807, 2.05) is 18.2 Å². The molecule has 0 aliphatic heterocycles. The number of hydrogen-bond acceptors (Lipinski definition) is 15. The number of aliphatic hydroxyl groups is 1. The van der Waals surface area contributed by atoms with E-state index in [0.29, 0.717) is 25.7 Å². The summed E-state index contributed by atoms with van der Waals surface area (Å²) < 4.78 is 68.4. The van der Waals surface area contributed by atoms with E-state index in [1.54, 1.807) is 6.08 Å². The van der Waals surface area contributed by atoms with Crippen molar-refractivity contribution in [3.8, 4) is 0 Å². The lowest BCUT2D eigenvalue weighted by Gasteiger charge is -2.21. The van der Waals surface area contributed by atoms with Crippen LogP contribution in [0.25, 0.3) is 0 Å². The zero-order valence-electron chi connectivity index (χ0n) is 62.8. The highest BCUT2D eigenvalue weighted by atomic mass is 31.2. The molecule has 0 radical (unpaired) electrons. The van der Waals surface area contributed by atoms with Gasteiger partial charge in [-0.25, -0.2) is 9.13 Å². The first kappa shape index (κ1) is 95.7. The van der Waals surface area contributed by atoms with Gasteiger partial charge < -0.3 is 33.8 Å². The molecule has 5 unspecified atom stereocenters. The fourth-order valence-electron chi connectivity index (χ4n) is 10.3. The summed E-state index contributed by atoms with van der Waals surface area (Å²) in [6.45, 7) is 4.60. The average molecular weight is 1450 g/mol. The first-order valence-corrected chi connectivity index (χ1v) is 42.1. The Morgan fingerprint density at radius 1 is 0.300 bits per heavy atom. The van der Waals surface area contributed by atoms with Crippen molar-refractivity contribution >= 4 is 39.5 Å². The van der Waals surface area contributed by atoms with Crippen molar-refractivity contribution in [2.45, 2.75) is 341 Å². The van der Waals surface area contributed by atoms with Crippen LogP contribution in [0.5, 0.6) is 0 Å². The summed E-state index contributed by atoms with van der Waals surface area (Å²) in [4.78, 5) is 72.8. The van der Waals surface area contributed by atoms with E-state index in [1.165, 1.54) is 96.3 Å². The van der Waals surface area contributed by atoms with Gasteiger partial charge in [-0.3, -0.25) is 37.3 Å². The smallest absolute Gasteiger partial charge is 0.462 e. The normalized spacial score (nSPS) is 14.5. The van der Waals surface area contributed by atoms with Gasteiger partial charge in [0.15, 0.2) is 12.2 Å². The number of allylic oxidation sites excluding steroid dienone is 17. The molecule has 0 bridgehead atoms. The molecule has 0 aliphatic carbocycles. The number of hydrogen-bond donors (Lipinski definition) is 3. The predicted octanol–water partition coefficient (Wildman–Crippen LogP) is 22.6. The van der Waals surface area contributed by atoms with Crippen LogP contribution >= 0.6 is 15.6 Å². The molecule has 17 nitrogen and oxygen atoms in total. The summed E-state index contributed by atoms with van der Waals surface area (Å²) in [7, 11) is -9.98.